The fraction of sp³-hybridized carbons (Fsp3) is 0.677. The zero-order valence-corrected chi connectivity index (χ0v) is 28.2. The van der Waals surface area contributed by atoms with E-state index >= 15 is 0 Å². The Labute approximate surface area is 280 Å². The average Bonchev–Trinajstić information content (AvgIpc) is 3.54. The lowest BCUT2D eigenvalue weighted by Crippen LogP contribution is -2.54. The first kappa shape index (κ1) is 39.2. The number of nitro groups is 1. The molecule has 15 nitrogen and oxygen atoms in total. The largest absolute Gasteiger partial charge is 0.383 e. The molecule has 4 amide bonds. The Morgan fingerprint density at radius 1 is 0.872 bits per heavy atom. The maximum Gasteiger partial charge on any atom is 0.300 e. The fourth-order valence-corrected chi connectivity index (χ4v) is 5.31. The normalized spacial score (nSPS) is 12.3. The maximum absolute atomic E-state index is 12.8. The number of primary amides is 1. The Morgan fingerprint density at radius 3 is 2.13 bits per heavy atom. The molecule has 6 N–H and O–H groups in total. The Bertz CT molecular complexity index is 1290. The molecule has 0 spiro atoms. The highest BCUT2D eigenvalue weighted by atomic mass is 32.1. The lowest BCUT2D eigenvalue weighted by molar-refractivity contribution is -0.383. The minimum absolute atomic E-state index is 0.0275. The van der Waals surface area contributed by atoms with Crippen LogP contribution in [-0.4, -0.2) is 69.8 Å². The molecule has 47 heavy (non-hydrogen) atoms. The van der Waals surface area contributed by atoms with Gasteiger partial charge in [-0.2, -0.15) is 12.6 Å². The predicted octanol–water partition coefficient (Wildman–Crippen LogP) is 3.92. The quantitative estimate of drug-likeness (QED) is 0.0364. The van der Waals surface area contributed by atoms with E-state index in [1.807, 2.05) is 0 Å². The number of hydrogen-bond donors (Lipinski definition) is 6. The van der Waals surface area contributed by atoms with Gasteiger partial charge in [-0.25, -0.2) is 4.63 Å². The van der Waals surface area contributed by atoms with Crippen LogP contribution in [0.15, 0.2) is 16.8 Å². The number of nitro benzene ring substituents is 1. The first-order chi connectivity index (χ1) is 22.7. The maximum atomic E-state index is 12.8. The molecule has 1 heterocycles. The molecule has 0 unspecified atom stereocenters. The van der Waals surface area contributed by atoms with Crippen molar-refractivity contribution in [1.82, 2.24) is 26.3 Å². The van der Waals surface area contributed by atoms with Crippen LogP contribution in [0.25, 0.3) is 11.0 Å². The number of carbonyl (C=O) groups is 4. The third kappa shape index (κ3) is 15.0. The predicted molar refractivity (Wildman–Crippen MR) is 182 cm³/mol. The van der Waals surface area contributed by atoms with E-state index in [1.165, 1.54) is 63.5 Å². The molecule has 2 rings (SSSR count). The zero-order valence-electron chi connectivity index (χ0n) is 27.3. The third-order valence-electron chi connectivity index (χ3n) is 7.77. The highest BCUT2D eigenvalue weighted by Crippen LogP contribution is 2.28. The van der Waals surface area contributed by atoms with Gasteiger partial charge in [0.25, 0.3) is 0 Å². The molecular formula is C31H50N8O7S. The Kier molecular flexibility index (Phi) is 18.8. The smallest absolute Gasteiger partial charge is 0.300 e. The second-order valence-electron chi connectivity index (χ2n) is 11.6. The number of carbonyl (C=O) groups excluding carboxylic acids is 4. The van der Waals surface area contributed by atoms with Crippen molar-refractivity contribution < 1.29 is 28.7 Å². The van der Waals surface area contributed by atoms with Crippen LogP contribution in [0.1, 0.15) is 103 Å². The van der Waals surface area contributed by atoms with Gasteiger partial charge in [-0.05, 0) is 42.1 Å². The number of rotatable bonds is 26. The number of anilines is 1. The van der Waals surface area contributed by atoms with Crippen molar-refractivity contribution >= 4 is 58.7 Å². The van der Waals surface area contributed by atoms with Crippen molar-refractivity contribution in [3.63, 3.8) is 0 Å². The minimum atomic E-state index is -1.03. The summed E-state index contributed by atoms with van der Waals surface area (Å²) in [5, 5.41) is 29.3. The molecule has 0 saturated carbocycles. The molecule has 1 aromatic heterocycles. The lowest BCUT2D eigenvalue weighted by atomic mass is 10.1. The van der Waals surface area contributed by atoms with Crippen molar-refractivity contribution in [2.45, 2.75) is 115 Å². The number of hydrogen-bond acceptors (Lipinski definition) is 11. The summed E-state index contributed by atoms with van der Waals surface area (Å²) >= 11 is 4.15. The standard InChI is InChI=1S/C31H50N8O7S/c1-2-3-4-5-6-7-8-9-10-11-12-16-26(40)34-20-27(41)35-24(21-47)31(43)36-23(30(32)42)15-13-14-19-33-22-17-18-25(39(44)45)29-28(22)37-46-38-29/h17-18,23-24,33,47H,2-16,19-21H2,1H3,(H2,32,42)(H,34,40)(H,35,41)(H,36,43)/t23-,24-/m0/s1. The fourth-order valence-electron chi connectivity index (χ4n) is 5.05. The number of nitrogens with one attached hydrogen (secondary N) is 4. The van der Waals surface area contributed by atoms with E-state index in [-0.39, 0.29) is 41.3 Å². The summed E-state index contributed by atoms with van der Waals surface area (Å²) in [6, 6.07) is 0.808. The van der Waals surface area contributed by atoms with Gasteiger partial charge in [-0.1, -0.05) is 71.1 Å². The number of unbranched alkanes of at least 4 members (excludes halogenated alkanes) is 11. The lowest BCUT2D eigenvalue weighted by Gasteiger charge is -2.21. The number of nitrogens with two attached hydrogens (primary N) is 1. The van der Waals surface area contributed by atoms with Crippen molar-refractivity contribution in [3.8, 4) is 0 Å². The van der Waals surface area contributed by atoms with Crippen molar-refractivity contribution in [1.29, 1.82) is 0 Å². The number of benzene rings is 1. The number of thiol groups is 1. The van der Waals surface area contributed by atoms with E-state index in [2.05, 4.69) is 55.8 Å². The van der Waals surface area contributed by atoms with Crippen LogP contribution < -0.4 is 27.0 Å². The van der Waals surface area contributed by atoms with Crippen molar-refractivity contribution in [2.75, 3.05) is 24.2 Å². The Balaban J connectivity index is 1.63. The Morgan fingerprint density at radius 2 is 1.51 bits per heavy atom. The molecular weight excluding hydrogens is 628 g/mol. The van der Waals surface area contributed by atoms with Gasteiger partial charge in [0.15, 0.2) is 5.52 Å². The highest BCUT2D eigenvalue weighted by molar-refractivity contribution is 7.80. The molecule has 0 aliphatic carbocycles. The second kappa shape index (κ2) is 22.6. The number of fused-ring (bicyclic) bond motifs is 1. The number of non-ortho nitro benzene ring substituents is 1. The molecule has 0 aliphatic heterocycles. The molecule has 2 aromatic rings. The van der Waals surface area contributed by atoms with E-state index in [4.69, 9.17) is 5.73 Å². The van der Waals surface area contributed by atoms with Crippen LogP contribution in [0.3, 0.4) is 0 Å². The molecule has 0 aliphatic rings. The molecule has 262 valence electrons. The summed E-state index contributed by atoms with van der Waals surface area (Å²) in [4.78, 5) is 59.9. The van der Waals surface area contributed by atoms with E-state index < -0.39 is 34.7 Å². The van der Waals surface area contributed by atoms with Crippen LogP contribution in [0.2, 0.25) is 0 Å². The van der Waals surface area contributed by atoms with Crippen LogP contribution >= 0.6 is 12.6 Å². The molecule has 0 fully saturated rings. The minimum Gasteiger partial charge on any atom is -0.383 e. The molecule has 0 bridgehead atoms. The molecule has 1 aromatic carbocycles. The van der Waals surface area contributed by atoms with Gasteiger partial charge in [-0.15, -0.1) is 0 Å². The van der Waals surface area contributed by atoms with E-state index in [0.29, 0.717) is 31.5 Å². The molecule has 0 saturated heterocycles. The van der Waals surface area contributed by atoms with Crippen LogP contribution in [-0.2, 0) is 19.2 Å². The van der Waals surface area contributed by atoms with Crippen molar-refractivity contribution in [3.05, 3.63) is 22.2 Å². The molecule has 0 radical (unpaired) electrons. The first-order valence-corrected chi connectivity index (χ1v) is 17.2. The third-order valence-corrected chi connectivity index (χ3v) is 8.14. The van der Waals surface area contributed by atoms with Gasteiger partial charge in [0.05, 0.1) is 17.2 Å². The summed E-state index contributed by atoms with van der Waals surface area (Å²) in [5.41, 5.74) is 6.04. The summed E-state index contributed by atoms with van der Waals surface area (Å²) in [7, 11) is 0. The number of aromatic nitrogens is 2. The van der Waals surface area contributed by atoms with Gasteiger partial charge >= 0.3 is 5.69 Å². The topological polar surface area (TPSA) is 224 Å². The molecule has 2 atom stereocenters. The summed E-state index contributed by atoms with van der Waals surface area (Å²) < 4.78 is 4.65. The average molecular weight is 679 g/mol. The van der Waals surface area contributed by atoms with Crippen molar-refractivity contribution in [2.24, 2.45) is 5.73 Å². The highest BCUT2D eigenvalue weighted by Gasteiger charge is 2.25. The van der Waals surface area contributed by atoms with Gasteiger partial charge in [0.1, 0.15) is 12.1 Å². The Hall–Kier alpha value is -3.95. The van der Waals surface area contributed by atoms with Crippen LogP contribution in [0.4, 0.5) is 11.4 Å². The summed E-state index contributed by atoms with van der Waals surface area (Å²) in [6.07, 6.45) is 14.7. The number of amides is 4. The van der Waals surface area contributed by atoms with Gasteiger partial charge in [0.2, 0.25) is 29.1 Å². The zero-order chi connectivity index (χ0) is 34.4. The SMILES string of the molecule is CCCCCCCCCCCCCC(=O)NCC(=O)N[C@@H](CS)C(=O)N[C@@H](CCCCNc1ccc([N+](=O)[O-])c2nonc12)C(N)=O. The second-order valence-corrected chi connectivity index (χ2v) is 12.0. The number of nitrogens with zero attached hydrogens (tertiary/aromatic N) is 3. The summed E-state index contributed by atoms with van der Waals surface area (Å²) in [6.45, 7) is 2.38. The molecule has 16 heteroatoms. The van der Waals surface area contributed by atoms with E-state index in [0.717, 1.165) is 19.3 Å². The van der Waals surface area contributed by atoms with Crippen LogP contribution in [0, 0.1) is 10.1 Å². The first-order valence-electron chi connectivity index (χ1n) is 16.6. The van der Waals surface area contributed by atoms with E-state index in [1.54, 1.807) is 0 Å². The monoisotopic (exact) mass is 678 g/mol. The van der Waals surface area contributed by atoms with E-state index in [9.17, 15) is 29.3 Å². The van der Waals surface area contributed by atoms with Gasteiger partial charge in [-0.3, -0.25) is 29.3 Å². The van der Waals surface area contributed by atoms with Gasteiger partial charge < -0.3 is 27.0 Å². The van der Waals surface area contributed by atoms with Gasteiger partial charge in [0, 0.05) is 24.8 Å². The van der Waals surface area contributed by atoms with Crippen LogP contribution in [0.5, 0.6) is 0 Å². The summed E-state index contributed by atoms with van der Waals surface area (Å²) in [5.74, 6) is -2.14.